The molecule has 0 saturated heterocycles. The summed E-state index contributed by atoms with van der Waals surface area (Å²) in [5.74, 6) is 2.90. The summed E-state index contributed by atoms with van der Waals surface area (Å²) < 4.78 is 13.6. The minimum atomic E-state index is 0.611. The van der Waals surface area contributed by atoms with Crippen LogP contribution < -0.4 is 4.74 Å². The highest BCUT2D eigenvalue weighted by Gasteiger charge is 2.17. The van der Waals surface area contributed by atoms with E-state index in [1.54, 1.807) is 4.52 Å². The minimum Gasteiger partial charge on any atom is -0.457 e. The number of rotatable bonds is 5. The van der Waals surface area contributed by atoms with Gasteiger partial charge in [-0.3, -0.25) is 0 Å². The topological polar surface area (TPSA) is 65.5 Å². The number of benzene rings is 3. The molecule has 150 valence electrons. The first-order chi connectivity index (χ1) is 15.3. The molecule has 0 bridgehead atoms. The molecular weight excluding hydrogens is 408 g/mol. The van der Waals surface area contributed by atoms with E-state index in [4.69, 9.17) is 14.3 Å². The van der Waals surface area contributed by atoms with Crippen LogP contribution in [-0.4, -0.2) is 19.8 Å². The molecule has 0 N–H and O–H groups in total. The van der Waals surface area contributed by atoms with E-state index in [0.29, 0.717) is 18.0 Å². The first-order valence-electron chi connectivity index (χ1n) is 9.84. The maximum absolute atomic E-state index is 5.94. The Morgan fingerprint density at radius 1 is 0.839 bits per heavy atom. The second kappa shape index (κ2) is 7.37. The van der Waals surface area contributed by atoms with E-state index in [1.807, 2.05) is 72.8 Å². The average Bonchev–Trinajstić information content (AvgIpc) is 3.49. The first-order valence-corrected chi connectivity index (χ1v) is 10.7. The van der Waals surface area contributed by atoms with Crippen LogP contribution >= 0.6 is 11.3 Å². The fourth-order valence-corrected chi connectivity index (χ4v) is 4.32. The molecule has 0 aliphatic heterocycles. The molecule has 7 heteroatoms. The lowest BCUT2D eigenvalue weighted by Gasteiger charge is -2.06. The molecule has 0 amide bonds. The predicted molar refractivity (Wildman–Crippen MR) is 120 cm³/mol. The highest BCUT2D eigenvalue weighted by atomic mass is 32.1. The molecule has 0 fully saturated rings. The van der Waals surface area contributed by atoms with Gasteiger partial charge in [-0.05, 0) is 42.0 Å². The molecule has 0 aliphatic rings. The lowest BCUT2D eigenvalue weighted by Crippen LogP contribution is -1.93. The summed E-state index contributed by atoms with van der Waals surface area (Å²) in [5.41, 5.74) is 1.97. The van der Waals surface area contributed by atoms with E-state index in [9.17, 15) is 0 Å². The van der Waals surface area contributed by atoms with Crippen molar-refractivity contribution in [2.45, 2.75) is 6.42 Å². The second-order valence-electron chi connectivity index (χ2n) is 7.10. The van der Waals surface area contributed by atoms with Crippen molar-refractivity contribution < 1.29 is 9.15 Å². The highest BCUT2D eigenvalue weighted by Crippen LogP contribution is 2.29. The third-order valence-electron chi connectivity index (χ3n) is 4.94. The molecule has 3 heterocycles. The third-order valence-corrected chi connectivity index (χ3v) is 5.84. The van der Waals surface area contributed by atoms with Gasteiger partial charge < -0.3 is 9.15 Å². The Morgan fingerprint density at radius 3 is 2.45 bits per heavy atom. The van der Waals surface area contributed by atoms with Gasteiger partial charge in [0.2, 0.25) is 10.8 Å². The van der Waals surface area contributed by atoms with Gasteiger partial charge in [-0.15, -0.1) is 10.2 Å². The number of hydrogen-bond donors (Lipinski definition) is 0. The molecule has 0 atom stereocenters. The molecule has 3 aromatic heterocycles. The summed E-state index contributed by atoms with van der Waals surface area (Å²) in [7, 11) is 0. The normalized spacial score (nSPS) is 11.4. The highest BCUT2D eigenvalue weighted by molar-refractivity contribution is 7.16. The van der Waals surface area contributed by atoms with Crippen LogP contribution in [0.4, 0.5) is 0 Å². The van der Waals surface area contributed by atoms with Crippen molar-refractivity contribution in [3.8, 4) is 23.1 Å². The summed E-state index contributed by atoms with van der Waals surface area (Å²) in [5, 5.41) is 15.3. The Morgan fingerprint density at radius 2 is 1.61 bits per heavy atom. The first kappa shape index (κ1) is 17.9. The van der Waals surface area contributed by atoms with Crippen molar-refractivity contribution >= 4 is 27.3 Å². The van der Waals surface area contributed by atoms with Crippen molar-refractivity contribution in [1.82, 2.24) is 19.8 Å². The Balaban J connectivity index is 1.24. The van der Waals surface area contributed by atoms with E-state index in [1.165, 1.54) is 11.3 Å². The lowest BCUT2D eigenvalue weighted by atomic mass is 10.1. The maximum atomic E-state index is 5.94. The number of ether oxygens (including phenoxy) is 1. The fourth-order valence-electron chi connectivity index (χ4n) is 3.45. The number of fused-ring (bicyclic) bond motifs is 2. The van der Waals surface area contributed by atoms with Gasteiger partial charge in [0.1, 0.15) is 22.1 Å². The van der Waals surface area contributed by atoms with Crippen LogP contribution in [0, 0.1) is 0 Å². The van der Waals surface area contributed by atoms with Crippen LogP contribution in [0.3, 0.4) is 0 Å². The number of aromatic nitrogens is 4. The monoisotopic (exact) mass is 424 g/mol. The molecule has 0 unspecified atom stereocenters. The molecule has 0 radical (unpaired) electrons. The van der Waals surface area contributed by atoms with Gasteiger partial charge in [-0.25, -0.2) is 0 Å². The van der Waals surface area contributed by atoms with Gasteiger partial charge in [0.05, 0.1) is 0 Å². The molecule has 3 aromatic carbocycles. The van der Waals surface area contributed by atoms with Gasteiger partial charge in [0.25, 0.3) is 0 Å². The van der Waals surface area contributed by atoms with Gasteiger partial charge in [0, 0.05) is 11.8 Å². The summed E-state index contributed by atoms with van der Waals surface area (Å²) >= 11 is 1.53. The summed E-state index contributed by atoms with van der Waals surface area (Å²) in [6.45, 7) is 0. The Kier molecular flexibility index (Phi) is 4.25. The van der Waals surface area contributed by atoms with Crippen LogP contribution in [0.15, 0.2) is 89.3 Å². The Hall–Kier alpha value is -3.97. The van der Waals surface area contributed by atoms with Crippen LogP contribution in [0.5, 0.6) is 11.5 Å². The molecule has 0 spiro atoms. The Bertz CT molecular complexity index is 1450. The lowest BCUT2D eigenvalue weighted by molar-refractivity contribution is 0.482. The standard InChI is InChI=1S/C24H16N4O2S/c1-2-7-18(8-3-1)29-19-12-10-16(11-13-19)14-22-27-28-23(25-26-24(28)31-22)21-15-17-6-4-5-9-20(17)30-21/h1-13,15H,14H2. The molecular formula is C24H16N4O2S. The SMILES string of the molecule is c1ccc(Oc2ccc(Cc3nn4c(-c5cc6ccccc6o5)nnc4s3)cc2)cc1. The zero-order valence-electron chi connectivity index (χ0n) is 16.3. The van der Waals surface area contributed by atoms with Crippen molar-refractivity contribution in [2.75, 3.05) is 0 Å². The van der Waals surface area contributed by atoms with Crippen molar-refractivity contribution in [1.29, 1.82) is 0 Å². The minimum absolute atomic E-state index is 0.611. The smallest absolute Gasteiger partial charge is 0.235 e. The van der Waals surface area contributed by atoms with E-state index in [0.717, 1.165) is 38.0 Å². The van der Waals surface area contributed by atoms with Crippen molar-refractivity contribution in [2.24, 2.45) is 0 Å². The molecule has 0 saturated carbocycles. The van der Waals surface area contributed by atoms with Crippen molar-refractivity contribution in [3.05, 3.63) is 95.5 Å². The average molecular weight is 424 g/mol. The van der Waals surface area contributed by atoms with Crippen LogP contribution in [-0.2, 0) is 6.42 Å². The van der Waals surface area contributed by atoms with Crippen LogP contribution in [0.25, 0.3) is 27.5 Å². The van der Waals surface area contributed by atoms with E-state index in [-0.39, 0.29) is 0 Å². The van der Waals surface area contributed by atoms with Gasteiger partial charge >= 0.3 is 0 Å². The number of hydrogen-bond acceptors (Lipinski definition) is 6. The number of furan rings is 1. The molecule has 31 heavy (non-hydrogen) atoms. The van der Waals surface area contributed by atoms with Gasteiger partial charge in [-0.2, -0.15) is 9.61 Å². The number of para-hydroxylation sites is 2. The van der Waals surface area contributed by atoms with Gasteiger partial charge in [-0.1, -0.05) is 59.9 Å². The molecule has 6 nitrogen and oxygen atoms in total. The van der Waals surface area contributed by atoms with Crippen LogP contribution in [0.2, 0.25) is 0 Å². The molecule has 0 aliphatic carbocycles. The van der Waals surface area contributed by atoms with E-state index in [2.05, 4.69) is 22.3 Å². The Labute approximate surface area is 181 Å². The summed E-state index contributed by atoms with van der Waals surface area (Å²) in [6, 6.07) is 27.7. The molecule has 6 rings (SSSR count). The zero-order valence-corrected chi connectivity index (χ0v) is 17.1. The predicted octanol–water partition coefficient (Wildman–Crippen LogP) is 5.98. The number of nitrogens with zero attached hydrogens (tertiary/aromatic N) is 4. The van der Waals surface area contributed by atoms with E-state index >= 15 is 0 Å². The quantitative estimate of drug-likeness (QED) is 0.340. The largest absolute Gasteiger partial charge is 0.457 e. The second-order valence-corrected chi connectivity index (χ2v) is 8.14. The maximum Gasteiger partial charge on any atom is 0.235 e. The van der Waals surface area contributed by atoms with Crippen molar-refractivity contribution in [3.63, 3.8) is 0 Å². The summed E-state index contributed by atoms with van der Waals surface area (Å²) in [6.07, 6.45) is 0.708. The zero-order chi connectivity index (χ0) is 20.6. The fraction of sp³-hybridized carbons (Fsp3) is 0.0417. The third kappa shape index (κ3) is 3.45. The summed E-state index contributed by atoms with van der Waals surface area (Å²) in [4.78, 5) is 0.745. The van der Waals surface area contributed by atoms with Gasteiger partial charge in [0.15, 0.2) is 5.76 Å². The van der Waals surface area contributed by atoms with E-state index < -0.39 is 0 Å². The van der Waals surface area contributed by atoms with Crippen LogP contribution in [0.1, 0.15) is 10.6 Å². The molecule has 6 aromatic rings.